The van der Waals surface area contributed by atoms with Crippen LogP contribution in [0, 0.1) is 0 Å². The van der Waals surface area contributed by atoms with Crippen LogP contribution in [0.3, 0.4) is 0 Å². The van der Waals surface area contributed by atoms with Crippen LogP contribution in [0.1, 0.15) is 21.0 Å². The van der Waals surface area contributed by atoms with Crippen molar-refractivity contribution in [1.82, 2.24) is 24.3 Å². The van der Waals surface area contributed by atoms with E-state index in [4.69, 9.17) is 15.2 Å². The average Bonchev–Trinajstić information content (AvgIpc) is 3.40. The summed E-state index contributed by atoms with van der Waals surface area (Å²) in [5.74, 6) is -0.482. The number of hydrogen-bond acceptors (Lipinski definition) is 6. The molecule has 2 aromatic rings. The molecule has 186 valence electrons. The predicted molar refractivity (Wildman–Crippen MR) is 129 cm³/mol. The van der Waals surface area contributed by atoms with Crippen molar-refractivity contribution in [2.45, 2.75) is 6.54 Å². The zero-order valence-corrected chi connectivity index (χ0v) is 31.5. The Kier molecular flexibility index (Phi) is 15.3. The molecule has 4 heterocycles. The van der Waals surface area contributed by atoms with Crippen LogP contribution in [0.15, 0.2) is 24.5 Å². The first kappa shape index (κ1) is 33.0. The Labute approximate surface area is 310 Å². The summed E-state index contributed by atoms with van der Waals surface area (Å²) in [6, 6.07) is 3.24. The van der Waals surface area contributed by atoms with Gasteiger partial charge < -0.3 is 35.0 Å². The molecule has 3 N–H and O–H groups in total. The van der Waals surface area contributed by atoms with Gasteiger partial charge in [-0.2, -0.15) is 0 Å². The number of nitrogens with one attached hydrogen (secondary N) is 3. The van der Waals surface area contributed by atoms with Crippen molar-refractivity contribution >= 4 is 23.2 Å². The Balaban J connectivity index is 0.00000228. The minimum absolute atomic E-state index is 0. The summed E-state index contributed by atoms with van der Waals surface area (Å²) in [5.41, 5.74) is 9.72. The standard InChI is InChI=1S/C23H34N7O4.2Rb/c1-27-17-19(15-20(27)22(31)25-2-3-28-6-10-33-11-7-28)26-23(32)21-14-18(24)16-30(21)5-4-29-8-12-34-13-9-29;;/h14-17,24H,2-13H2,1H3,(H,25,31)(H,26,32);;/q-1;2*+1. The van der Waals surface area contributed by atoms with Crippen molar-refractivity contribution in [1.29, 1.82) is 0 Å². The molecule has 0 saturated carbocycles. The second-order valence-corrected chi connectivity index (χ2v) is 8.65. The van der Waals surface area contributed by atoms with Crippen LogP contribution in [0.2, 0.25) is 0 Å². The van der Waals surface area contributed by atoms with E-state index in [1.807, 2.05) is 4.57 Å². The fraction of sp³-hybridized carbons (Fsp3) is 0.565. The van der Waals surface area contributed by atoms with Gasteiger partial charge in [-0.1, -0.05) is 0 Å². The zero-order valence-electron chi connectivity index (χ0n) is 21.7. The molecule has 0 radical (unpaired) electrons. The topological polar surface area (TPSA) is 117 Å². The number of hydrogen-bond donors (Lipinski definition) is 2. The molecule has 2 aliphatic rings. The van der Waals surface area contributed by atoms with Crippen LogP contribution in [0.25, 0.3) is 5.73 Å². The maximum Gasteiger partial charge on any atom is 1.00 e. The van der Waals surface area contributed by atoms with Gasteiger partial charge in [-0.3, -0.25) is 19.4 Å². The Morgan fingerprint density at radius 1 is 0.861 bits per heavy atom. The van der Waals surface area contributed by atoms with Gasteiger partial charge in [0, 0.05) is 65.6 Å². The first-order chi connectivity index (χ1) is 16.5. The molecule has 0 bridgehead atoms. The minimum Gasteiger partial charge on any atom is -0.697 e. The molecule has 0 aromatic carbocycles. The first-order valence-corrected chi connectivity index (χ1v) is 11.8. The van der Waals surface area contributed by atoms with E-state index in [1.165, 1.54) is 0 Å². The van der Waals surface area contributed by atoms with Crippen LogP contribution in [-0.4, -0.2) is 103 Å². The summed E-state index contributed by atoms with van der Waals surface area (Å²) in [6.45, 7) is 9.14. The molecule has 2 aliphatic heterocycles. The Hall–Kier alpha value is 0.750. The zero-order chi connectivity index (χ0) is 23.9. The van der Waals surface area contributed by atoms with Crippen LogP contribution < -0.4 is 127 Å². The van der Waals surface area contributed by atoms with Crippen molar-refractivity contribution in [2.75, 3.05) is 77.6 Å². The molecule has 2 amide bonds. The second kappa shape index (κ2) is 16.8. The number of nitrogens with zero attached hydrogens (tertiary/aromatic N) is 4. The van der Waals surface area contributed by atoms with Gasteiger partial charge in [0.25, 0.3) is 11.8 Å². The van der Waals surface area contributed by atoms with E-state index < -0.39 is 0 Å². The average molecular weight is 644 g/mol. The maximum atomic E-state index is 13.0. The molecule has 13 heteroatoms. The molecule has 11 nitrogen and oxygen atoms in total. The minimum atomic E-state index is -0.301. The molecule has 2 aromatic heterocycles. The molecule has 2 saturated heterocycles. The number of amides is 2. The van der Waals surface area contributed by atoms with Gasteiger partial charge in [0.1, 0.15) is 11.4 Å². The molecule has 36 heavy (non-hydrogen) atoms. The fourth-order valence-electron chi connectivity index (χ4n) is 4.26. The summed E-state index contributed by atoms with van der Waals surface area (Å²) < 4.78 is 14.2. The van der Waals surface area contributed by atoms with Crippen molar-refractivity contribution in [3.63, 3.8) is 0 Å². The Morgan fingerprint density at radius 2 is 1.47 bits per heavy atom. The Bertz CT molecular complexity index is 985. The smallest absolute Gasteiger partial charge is 0.697 e. The number of carbonyl (C=O) groups excluding carboxylic acids is 2. The van der Waals surface area contributed by atoms with Crippen molar-refractivity contribution in [3.8, 4) is 0 Å². The van der Waals surface area contributed by atoms with E-state index in [0.717, 1.165) is 65.7 Å². The van der Waals surface area contributed by atoms with E-state index in [9.17, 15) is 9.59 Å². The third-order valence-electron chi connectivity index (χ3n) is 6.20. The number of morpholine rings is 2. The Morgan fingerprint density at radius 3 is 2.11 bits per heavy atom. The molecule has 0 spiro atoms. The van der Waals surface area contributed by atoms with Gasteiger partial charge in [-0.15, -0.1) is 5.69 Å². The largest absolute Gasteiger partial charge is 1.00 e. The van der Waals surface area contributed by atoms with E-state index in [2.05, 4.69) is 20.4 Å². The van der Waals surface area contributed by atoms with Gasteiger partial charge in [0.2, 0.25) is 0 Å². The van der Waals surface area contributed by atoms with Crippen LogP contribution in [-0.2, 0) is 23.1 Å². The third kappa shape index (κ3) is 9.74. The number of ether oxygens (including phenoxy) is 2. The molecule has 2 fully saturated rings. The summed E-state index contributed by atoms with van der Waals surface area (Å²) in [4.78, 5) is 30.1. The summed E-state index contributed by atoms with van der Waals surface area (Å²) in [5, 5.41) is 5.82. The van der Waals surface area contributed by atoms with Gasteiger partial charge in [0.05, 0.1) is 32.1 Å². The van der Waals surface area contributed by atoms with Crippen LogP contribution in [0.5, 0.6) is 0 Å². The number of rotatable bonds is 9. The van der Waals surface area contributed by atoms with Gasteiger partial charge in [-0.25, -0.2) is 0 Å². The summed E-state index contributed by atoms with van der Waals surface area (Å²) in [6.07, 6.45) is 3.39. The molecule has 0 unspecified atom stereocenters. The number of aryl methyl sites for hydroxylation is 1. The first-order valence-electron chi connectivity index (χ1n) is 11.8. The molecule has 0 aliphatic carbocycles. The maximum absolute atomic E-state index is 13.0. The second-order valence-electron chi connectivity index (χ2n) is 8.65. The normalized spacial score (nSPS) is 16.6. The summed E-state index contributed by atoms with van der Waals surface area (Å²) in [7, 11) is 1.78. The number of carbonyl (C=O) groups is 2. The van der Waals surface area contributed by atoms with Crippen molar-refractivity contribution in [3.05, 3.63) is 41.6 Å². The SMILES string of the molecule is Cn1cc(NC(=O)c2cc([NH-])cn2CCN2CCOCC2)cc1C(=O)NCCN1CCOCC1.[Rb+].[Rb+]. The number of aromatic nitrogens is 2. The van der Waals surface area contributed by atoms with Crippen molar-refractivity contribution < 1.29 is 135 Å². The summed E-state index contributed by atoms with van der Waals surface area (Å²) >= 11 is 0. The van der Waals surface area contributed by atoms with Crippen molar-refractivity contribution in [2.24, 2.45) is 7.05 Å². The third-order valence-corrected chi connectivity index (χ3v) is 6.20. The van der Waals surface area contributed by atoms with E-state index in [0.29, 0.717) is 35.9 Å². The monoisotopic (exact) mass is 642 g/mol. The van der Waals surface area contributed by atoms with E-state index >= 15 is 0 Å². The molecule has 0 atom stereocenters. The van der Waals surface area contributed by atoms with Gasteiger partial charge >= 0.3 is 116 Å². The molecule has 4 rings (SSSR count). The molecular weight excluding hydrogens is 609 g/mol. The quantitative estimate of drug-likeness (QED) is 0.284. The molecular formula is C23H34N7O4Rb2+. The van der Waals surface area contributed by atoms with Crippen LogP contribution >= 0.6 is 0 Å². The van der Waals surface area contributed by atoms with E-state index in [-0.39, 0.29) is 128 Å². The van der Waals surface area contributed by atoms with Crippen LogP contribution in [0.4, 0.5) is 11.4 Å². The number of anilines is 1. The van der Waals surface area contributed by atoms with Gasteiger partial charge in [-0.05, 0) is 18.3 Å². The van der Waals surface area contributed by atoms with E-state index in [1.54, 1.807) is 36.1 Å². The predicted octanol–water partition coefficient (Wildman–Crippen LogP) is -4.84. The van der Waals surface area contributed by atoms with Gasteiger partial charge in [0.15, 0.2) is 0 Å². The fourth-order valence-corrected chi connectivity index (χ4v) is 4.26.